The van der Waals surface area contributed by atoms with E-state index in [9.17, 15) is 9.59 Å². The van der Waals surface area contributed by atoms with Crippen LogP contribution in [0.25, 0.3) is 6.08 Å². The first-order valence-electron chi connectivity index (χ1n) is 7.34. The van der Waals surface area contributed by atoms with Crippen LogP contribution in [0.4, 0.5) is 0 Å². The number of amides is 2. The molecule has 5 nitrogen and oxygen atoms in total. The highest BCUT2D eigenvalue weighted by Gasteiger charge is 2.35. The maximum atomic E-state index is 12.5. The molecule has 0 radical (unpaired) electrons. The molecule has 1 aromatic heterocycles. The number of thiazole rings is 1. The molecule has 1 saturated heterocycles. The fourth-order valence-electron chi connectivity index (χ4n) is 2.32. The van der Waals surface area contributed by atoms with Gasteiger partial charge in [-0.25, -0.2) is 4.98 Å². The van der Waals surface area contributed by atoms with Gasteiger partial charge in [0, 0.05) is 30.3 Å². The van der Waals surface area contributed by atoms with Gasteiger partial charge in [0.15, 0.2) is 0 Å². The molecule has 1 fully saturated rings. The number of carbonyl (C=O) groups excluding carboxylic acids is 2. The fourth-order valence-corrected chi connectivity index (χ4v) is 4.06. The summed E-state index contributed by atoms with van der Waals surface area (Å²) < 4.78 is 0. The van der Waals surface area contributed by atoms with Gasteiger partial charge in [-0.15, -0.1) is 23.1 Å². The van der Waals surface area contributed by atoms with Crippen molar-refractivity contribution in [2.45, 2.75) is 26.8 Å². The minimum absolute atomic E-state index is 0.0428. The standard InChI is InChI=1S/C15H21N3O2S2/c1-4-17(5-2)15(20)13-9-21-10-18(13)14(19)7-6-12-8-22-11(3)16-12/h6-8,13H,4-5,9-10H2,1-3H3/b7-6+. The third-order valence-electron chi connectivity index (χ3n) is 3.56. The van der Waals surface area contributed by atoms with Crippen molar-refractivity contribution in [3.8, 4) is 0 Å². The highest BCUT2D eigenvalue weighted by Crippen LogP contribution is 2.23. The molecule has 1 aliphatic heterocycles. The number of likely N-dealkylation sites (N-methyl/N-ethyl adjacent to an activating group) is 1. The Balaban J connectivity index is 2.04. The van der Waals surface area contributed by atoms with Crippen LogP contribution >= 0.6 is 23.1 Å². The summed E-state index contributed by atoms with van der Waals surface area (Å²) in [6.45, 7) is 7.19. The molecule has 0 spiro atoms. The maximum absolute atomic E-state index is 12.5. The number of aryl methyl sites for hydroxylation is 1. The lowest BCUT2D eigenvalue weighted by Crippen LogP contribution is -2.48. The monoisotopic (exact) mass is 339 g/mol. The average Bonchev–Trinajstić information content (AvgIpc) is 3.14. The summed E-state index contributed by atoms with van der Waals surface area (Å²) in [6.07, 6.45) is 3.23. The van der Waals surface area contributed by atoms with Gasteiger partial charge in [-0.1, -0.05) is 0 Å². The summed E-state index contributed by atoms with van der Waals surface area (Å²) in [5.41, 5.74) is 0.786. The number of aromatic nitrogens is 1. The molecule has 2 rings (SSSR count). The van der Waals surface area contributed by atoms with Crippen molar-refractivity contribution in [3.63, 3.8) is 0 Å². The molecule has 0 bridgehead atoms. The predicted octanol–water partition coefficient (Wildman–Crippen LogP) is 2.23. The van der Waals surface area contributed by atoms with Crippen molar-refractivity contribution < 1.29 is 9.59 Å². The summed E-state index contributed by atoms with van der Waals surface area (Å²) in [5.74, 6) is 1.16. The predicted molar refractivity (Wildman–Crippen MR) is 91.8 cm³/mol. The average molecular weight is 339 g/mol. The van der Waals surface area contributed by atoms with E-state index in [0.29, 0.717) is 24.7 Å². The van der Waals surface area contributed by atoms with Crippen molar-refractivity contribution in [2.24, 2.45) is 0 Å². The quantitative estimate of drug-likeness (QED) is 0.772. The van der Waals surface area contributed by atoms with Gasteiger partial charge in [0.05, 0.1) is 16.6 Å². The van der Waals surface area contributed by atoms with Crippen molar-refractivity contribution in [1.82, 2.24) is 14.8 Å². The maximum Gasteiger partial charge on any atom is 0.248 e. The van der Waals surface area contributed by atoms with Crippen molar-refractivity contribution in [1.29, 1.82) is 0 Å². The van der Waals surface area contributed by atoms with Crippen LogP contribution in [0.3, 0.4) is 0 Å². The van der Waals surface area contributed by atoms with E-state index >= 15 is 0 Å². The smallest absolute Gasteiger partial charge is 0.248 e. The van der Waals surface area contributed by atoms with Gasteiger partial charge < -0.3 is 9.80 Å². The van der Waals surface area contributed by atoms with E-state index in [0.717, 1.165) is 10.7 Å². The summed E-state index contributed by atoms with van der Waals surface area (Å²) >= 11 is 3.17. The van der Waals surface area contributed by atoms with E-state index in [-0.39, 0.29) is 17.9 Å². The third kappa shape index (κ3) is 3.89. The highest BCUT2D eigenvalue weighted by atomic mass is 32.2. The number of rotatable bonds is 5. The topological polar surface area (TPSA) is 53.5 Å². The summed E-state index contributed by atoms with van der Waals surface area (Å²) in [4.78, 5) is 32.6. The number of hydrogen-bond acceptors (Lipinski definition) is 5. The molecule has 0 saturated carbocycles. The molecule has 2 amide bonds. The minimum atomic E-state index is -0.348. The van der Waals surface area contributed by atoms with Crippen LogP contribution in [0.2, 0.25) is 0 Å². The van der Waals surface area contributed by atoms with E-state index in [1.54, 1.807) is 39.0 Å². The molecule has 1 atom stereocenters. The van der Waals surface area contributed by atoms with Crippen LogP contribution < -0.4 is 0 Å². The zero-order valence-electron chi connectivity index (χ0n) is 13.1. The number of nitrogens with zero attached hydrogens (tertiary/aromatic N) is 3. The molecular formula is C15H21N3O2S2. The molecule has 120 valence electrons. The zero-order valence-corrected chi connectivity index (χ0v) is 14.7. The van der Waals surface area contributed by atoms with Crippen molar-refractivity contribution in [3.05, 3.63) is 22.2 Å². The minimum Gasteiger partial charge on any atom is -0.341 e. The van der Waals surface area contributed by atoms with Gasteiger partial charge in [0.1, 0.15) is 6.04 Å². The Hall–Kier alpha value is -1.34. The second-order valence-electron chi connectivity index (χ2n) is 4.96. The fraction of sp³-hybridized carbons (Fsp3) is 0.533. The highest BCUT2D eigenvalue weighted by molar-refractivity contribution is 7.99. The van der Waals surface area contributed by atoms with Gasteiger partial charge in [0.2, 0.25) is 11.8 Å². The molecule has 0 aliphatic carbocycles. The molecule has 0 aromatic carbocycles. The van der Waals surface area contributed by atoms with Gasteiger partial charge in [-0.2, -0.15) is 0 Å². The van der Waals surface area contributed by atoms with E-state index in [2.05, 4.69) is 4.98 Å². The Morgan fingerprint density at radius 1 is 1.45 bits per heavy atom. The molecular weight excluding hydrogens is 318 g/mol. The Labute approximate surface area is 139 Å². The summed E-state index contributed by atoms with van der Waals surface area (Å²) in [7, 11) is 0. The molecule has 0 N–H and O–H groups in total. The van der Waals surface area contributed by atoms with Crippen LogP contribution in [0.15, 0.2) is 11.5 Å². The van der Waals surface area contributed by atoms with Gasteiger partial charge in [0.25, 0.3) is 0 Å². The second-order valence-corrected chi connectivity index (χ2v) is 7.02. The normalized spacial score (nSPS) is 18.1. The van der Waals surface area contributed by atoms with Crippen LogP contribution in [0, 0.1) is 6.92 Å². The van der Waals surface area contributed by atoms with Crippen molar-refractivity contribution in [2.75, 3.05) is 24.7 Å². The van der Waals surface area contributed by atoms with Crippen LogP contribution in [0.1, 0.15) is 24.5 Å². The van der Waals surface area contributed by atoms with Gasteiger partial charge >= 0.3 is 0 Å². The third-order valence-corrected chi connectivity index (χ3v) is 5.36. The van der Waals surface area contributed by atoms with Crippen LogP contribution in [0.5, 0.6) is 0 Å². The lowest BCUT2D eigenvalue weighted by atomic mass is 10.2. The van der Waals surface area contributed by atoms with E-state index in [4.69, 9.17) is 0 Å². The van der Waals surface area contributed by atoms with E-state index in [1.165, 1.54) is 6.08 Å². The van der Waals surface area contributed by atoms with E-state index < -0.39 is 0 Å². The zero-order chi connectivity index (χ0) is 16.1. The SMILES string of the molecule is CCN(CC)C(=O)C1CSCN1C(=O)/C=C/c1csc(C)n1. The first-order chi connectivity index (χ1) is 10.6. The largest absolute Gasteiger partial charge is 0.341 e. The van der Waals surface area contributed by atoms with Crippen LogP contribution in [-0.2, 0) is 9.59 Å². The Morgan fingerprint density at radius 2 is 2.18 bits per heavy atom. The van der Waals surface area contributed by atoms with Gasteiger partial charge in [-0.05, 0) is 26.8 Å². The summed E-state index contributed by atoms with van der Waals surface area (Å²) in [5, 5.41) is 2.88. The molecule has 1 aliphatic rings. The Morgan fingerprint density at radius 3 is 2.77 bits per heavy atom. The lowest BCUT2D eigenvalue weighted by molar-refractivity contribution is -0.140. The van der Waals surface area contributed by atoms with E-state index in [1.807, 2.05) is 26.2 Å². The van der Waals surface area contributed by atoms with Crippen molar-refractivity contribution >= 4 is 41.0 Å². The molecule has 1 unspecified atom stereocenters. The number of hydrogen-bond donors (Lipinski definition) is 0. The lowest BCUT2D eigenvalue weighted by Gasteiger charge is -2.27. The number of carbonyl (C=O) groups is 2. The Kier molecular flexibility index (Phi) is 6.02. The van der Waals surface area contributed by atoms with Gasteiger partial charge in [-0.3, -0.25) is 9.59 Å². The number of thioether (sulfide) groups is 1. The first kappa shape index (κ1) is 17.0. The summed E-state index contributed by atoms with van der Waals surface area (Å²) in [6, 6.07) is -0.348. The molecule has 22 heavy (non-hydrogen) atoms. The molecule has 7 heteroatoms. The molecule has 1 aromatic rings. The first-order valence-corrected chi connectivity index (χ1v) is 9.37. The molecule has 2 heterocycles. The second kappa shape index (κ2) is 7.78. The van der Waals surface area contributed by atoms with Crippen LogP contribution in [-0.4, -0.2) is 57.4 Å². The Bertz CT molecular complexity index is 567.